The quantitative estimate of drug-likeness (QED) is 0.411. The van der Waals surface area contributed by atoms with E-state index >= 15 is 0 Å². The van der Waals surface area contributed by atoms with Gasteiger partial charge in [-0.3, -0.25) is 4.79 Å². The Labute approximate surface area is 197 Å². The predicted molar refractivity (Wildman–Crippen MR) is 131 cm³/mol. The van der Waals surface area contributed by atoms with Gasteiger partial charge in [-0.1, -0.05) is 23.3 Å². The van der Waals surface area contributed by atoms with E-state index in [0.717, 1.165) is 11.1 Å². The largest absolute Gasteiger partial charge is 0.507 e. The second-order valence-electron chi connectivity index (χ2n) is 8.47. The van der Waals surface area contributed by atoms with E-state index < -0.39 is 11.2 Å². The number of benzene rings is 2. The van der Waals surface area contributed by atoms with Crippen LogP contribution in [0.4, 0.5) is 4.39 Å². The summed E-state index contributed by atoms with van der Waals surface area (Å²) in [5.74, 6) is -1.33. The highest BCUT2D eigenvalue weighted by Gasteiger charge is 2.26. The molecule has 0 radical (unpaired) electrons. The number of methoxy groups -OCH3 is 2. The number of ether oxygens (including phenoxy) is 2. The second-order valence-corrected chi connectivity index (χ2v) is 8.47. The first-order chi connectivity index (χ1) is 16.1. The standard InChI is InChI=1S/C27H29FO6/c1-14(2)7-10-17-22(29)18(11-8-15(3)4)26-21(23(17)30)24(31)27(33-6)25(34-26)16-9-12-20(32-5)19(28)13-16/h7-9,12-13,29-30H,10-11H2,1-6H3. The van der Waals surface area contributed by atoms with Gasteiger partial charge >= 0.3 is 0 Å². The Morgan fingerprint density at radius 3 is 2.12 bits per heavy atom. The molecule has 180 valence electrons. The molecular formula is C27H29FO6. The van der Waals surface area contributed by atoms with Crippen LogP contribution in [0, 0.1) is 5.82 Å². The van der Waals surface area contributed by atoms with Gasteiger partial charge in [-0.15, -0.1) is 0 Å². The van der Waals surface area contributed by atoms with Gasteiger partial charge in [-0.25, -0.2) is 4.39 Å². The third-order valence-corrected chi connectivity index (χ3v) is 5.49. The van der Waals surface area contributed by atoms with Crippen molar-refractivity contribution in [2.24, 2.45) is 0 Å². The normalized spacial score (nSPS) is 10.8. The molecule has 7 heteroatoms. The molecule has 1 aromatic heterocycles. The molecule has 0 spiro atoms. The zero-order chi connectivity index (χ0) is 25.2. The van der Waals surface area contributed by atoms with E-state index in [1.165, 1.54) is 32.4 Å². The molecule has 6 nitrogen and oxygen atoms in total. The van der Waals surface area contributed by atoms with E-state index in [4.69, 9.17) is 13.9 Å². The molecule has 0 bridgehead atoms. The molecule has 0 saturated heterocycles. The molecule has 0 fully saturated rings. The van der Waals surface area contributed by atoms with Crippen LogP contribution in [-0.4, -0.2) is 24.4 Å². The fraction of sp³-hybridized carbons (Fsp3) is 0.296. The Kier molecular flexibility index (Phi) is 7.35. The van der Waals surface area contributed by atoms with Crippen molar-refractivity contribution in [2.75, 3.05) is 14.2 Å². The van der Waals surface area contributed by atoms with Crippen LogP contribution in [0.1, 0.15) is 38.8 Å². The Hall–Kier alpha value is -3.74. The molecule has 0 aliphatic carbocycles. The molecule has 3 rings (SSSR count). The summed E-state index contributed by atoms with van der Waals surface area (Å²) in [5, 5.41) is 22.0. The van der Waals surface area contributed by atoms with Gasteiger partial charge in [0.05, 0.1) is 14.2 Å². The van der Waals surface area contributed by atoms with Crippen molar-refractivity contribution in [3.05, 3.63) is 68.7 Å². The SMILES string of the molecule is COc1ccc(-c2oc3c(CC=C(C)C)c(O)c(CC=C(C)C)c(O)c3c(=O)c2OC)cc1F. The minimum absolute atomic E-state index is 0.0177. The first-order valence-corrected chi connectivity index (χ1v) is 10.8. The first-order valence-electron chi connectivity index (χ1n) is 10.8. The first kappa shape index (κ1) is 24.9. The fourth-order valence-corrected chi connectivity index (χ4v) is 3.68. The summed E-state index contributed by atoms with van der Waals surface area (Å²) in [6.07, 6.45) is 4.22. The molecule has 3 aromatic rings. The molecule has 2 aromatic carbocycles. The highest BCUT2D eigenvalue weighted by atomic mass is 19.1. The van der Waals surface area contributed by atoms with Gasteiger partial charge in [0.25, 0.3) is 0 Å². The van der Waals surface area contributed by atoms with Crippen molar-refractivity contribution in [3.8, 4) is 34.3 Å². The van der Waals surface area contributed by atoms with Gasteiger partial charge in [-0.2, -0.15) is 0 Å². The number of hydrogen-bond acceptors (Lipinski definition) is 6. The van der Waals surface area contributed by atoms with Crippen LogP contribution in [-0.2, 0) is 12.8 Å². The van der Waals surface area contributed by atoms with Crippen molar-refractivity contribution in [3.63, 3.8) is 0 Å². The molecule has 0 unspecified atom stereocenters. The number of halogens is 1. The van der Waals surface area contributed by atoms with Crippen molar-refractivity contribution in [1.82, 2.24) is 0 Å². The maximum Gasteiger partial charge on any atom is 0.239 e. The van der Waals surface area contributed by atoms with E-state index in [1.807, 2.05) is 39.8 Å². The van der Waals surface area contributed by atoms with Gasteiger partial charge in [0.1, 0.15) is 22.5 Å². The van der Waals surface area contributed by atoms with Gasteiger partial charge in [-0.05, 0) is 58.7 Å². The highest BCUT2D eigenvalue weighted by Crippen LogP contribution is 2.43. The topological polar surface area (TPSA) is 89.1 Å². The summed E-state index contributed by atoms with van der Waals surface area (Å²) in [5.41, 5.74) is 2.21. The summed E-state index contributed by atoms with van der Waals surface area (Å²) in [6.45, 7) is 7.62. The van der Waals surface area contributed by atoms with E-state index in [0.29, 0.717) is 5.56 Å². The van der Waals surface area contributed by atoms with Crippen molar-refractivity contribution in [1.29, 1.82) is 0 Å². The van der Waals surface area contributed by atoms with E-state index in [9.17, 15) is 19.4 Å². The molecule has 0 amide bonds. The van der Waals surface area contributed by atoms with Gasteiger partial charge in [0.15, 0.2) is 17.3 Å². The minimum Gasteiger partial charge on any atom is -0.507 e. The third kappa shape index (κ3) is 4.64. The number of fused-ring (bicyclic) bond motifs is 1. The molecule has 0 atom stereocenters. The monoisotopic (exact) mass is 468 g/mol. The zero-order valence-corrected chi connectivity index (χ0v) is 20.2. The summed E-state index contributed by atoms with van der Waals surface area (Å²) in [6, 6.07) is 4.12. The number of rotatable bonds is 7. The Bertz CT molecular complexity index is 1360. The highest BCUT2D eigenvalue weighted by molar-refractivity contribution is 5.93. The van der Waals surface area contributed by atoms with Crippen LogP contribution in [0.25, 0.3) is 22.3 Å². The zero-order valence-electron chi connectivity index (χ0n) is 20.2. The third-order valence-electron chi connectivity index (χ3n) is 5.49. The van der Waals surface area contributed by atoms with Gasteiger partial charge in [0.2, 0.25) is 11.2 Å². The van der Waals surface area contributed by atoms with Crippen LogP contribution in [0.15, 0.2) is 50.7 Å². The molecule has 34 heavy (non-hydrogen) atoms. The number of allylic oxidation sites excluding steroid dienone is 4. The smallest absolute Gasteiger partial charge is 0.239 e. The van der Waals surface area contributed by atoms with Crippen molar-refractivity contribution < 1.29 is 28.5 Å². The minimum atomic E-state index is -0.641. The van der Waals surface area contributed by atoms with Gasteiger partial charge in [0, 0.05) is 16.7 Å². The molecule has 1 heterocycles. The summed E-state index contributed by atoms with van der Waals surface area (Å²) >= 11 is 0. The number of hydrogen-bond donors (Lipinski definition) is 2. The molecular weight excluding hydrogens is 439 g/mol. The Morgan fingerprint density at radius 1 is 0.971 bits per heavy atom. The van der Waals surface area contributed by atoms with Crippen LogP contribution >= 0.6 is 0 Å². The van der Waals surface area contributed by atoms with Crippen LogP contribution < -0.4 is 14.9 Å². The average molecular weight is 469 g/mol. The summed E-state index contributed by atoms with van der Waals surface area (Å²) in [4.78, 5) is 13.5. The average Bonchev–Trinajstić information content (AvgIpc) is 2.77. The molecule has 0 aliphatic rings. The maximum absolute atomic E-state index is 14.4. The van der Waals surface area contributed by atoms with E-state index in [-0.39, 0.29) is 63.7 Å². The lowest BCUT2D eigenvalue weighted by atomic mass is 9.96. The molecule has 0 saturated carbocycles. The number of aromatic hydroxyl groups is 2. The van der Waals surface area contributed by atoms with Crippen molar-refractivity contribution in [2.45, 2.75) is 40.5 Å². The molecule has 0 aliphatic heterocycles. The van der Waals surface area contributed by atoms with E-state index in [1.54, 1.807) is 0 Å². The fourth-order valence-electron chi connectivity index (χ4n) is 3.68. The van der Waals surface area contributed by atoms with Crippen molar-refractivity contribution >= 4 is 11.0 Å². The second kappa shape index (κ2) is 10.0. The lowest BCUT2D eigenvalue weighted by Crippen LogP contribution is -2.10. The lowest BCUT2D eigenvalue weighted by Gasteiger charge is -2.16. The van der Waals surface area contributed by atoms with Crippen LogP contribution in [0.5, 0.6) is 23.0 Å². The summed E-state index contributed by atoms with van der Waals surface area (Å²) < 4.78 is 30.8. The van der Waals surface area contributed by atoms with Gasteiger partial charge < -0.3 is 24.1 Å². The lowest BCUT2D eigenvalue weighted by molar-refractivity contribution is 0.386. The van der Waals surface area contributed by atoms with E-state index in [2.05, 4.69) is 0 Å². The van der Waals surface area contributed by atoms with Crippen LogP contribution in [0.3, 0.4) is 0 Å². The Morgan fingerprint density at radius 2 is 1.59 bits per heavy atom. The van der Waals surface area contributed by atoms with Crippen LogP contribution in [0.2, 0.25) is 0 Å². The number of phenolic OH excluding ortho intramolecular Hbond substituents is 2. The number of phenols is 2. The predicted octanol–water partition coefficient (Wildman–Crippen LogP) is 6.04. The maximum atomic E-state index is 14.4. The molecule has 2 N–H and O–H groups in total. The Balaban J connectivity index is 2.45. The summed E-state index contributed by atoms with van der Waals surface area (Å²) in [7, 11) is 2.65.